The third-order valence-corrected chi connectivity index (χ3v) is 5.09. The average Bonchev–Trinajstić information content (AvgIpc) is 2.73. The lowest BCUT2D eigenvalue weighted by atomic mass is 9.92. The number of ether oxygens (including phenoxy) is 1. The third-order valence-electron chi connectivity index (χ3n) is 5.09. The van der Waals surface area contributed by atoms with Crippen LogP contribution in [0.4, 0.5) is 5.69 Å². The van der Waals surface area contributed by atoms with Crippen molar-refractivity contribution >= 4 is 12.0 Å². The van der Waals surface area contributed by atoms with Crippen LogP contribution in [0.1, 0.15) is 28.8 Å². The van der Waals surface area contributed by atoms with E-state index in [9.17, 15) is 9.90 Å². The minimum atomic E-state index is -0.808. The summed E-state index contributed by atoms with van der Waals surface area (Å²) in [5, 5.41) is 10.8. The molecular formula is C22H24N2O3. The summed E-state index contributed by atoms with van der Waals surface area (Å²) in [6.07, 6.45) is 3.09. The fraction of sp³-hybridized carbons (Fsp3) is 0.364. The molecule has 0 amide bonds. The van der Waals surface area contributed by atoms with Gasteiger partial charge in [0.05, 0.1) is 6.57 Å². The summed E-state index contributed by atoms with van der Waals surface area (Å²) in [5.41, 5.74) is 1.70. The van der Waals surface area contributed by atoms with Crippen LogP contribution in [0.15, 0.2) is 48.5 Å². The molecule has 0 spiro atoms. The first-order chi connectivity index (χ1) is 13.1. The SMILES string of the molecule is [C-]#[N+]c1ccc(CCN2CCC(O)(COc3ccc(C=O)cc3)CC2)cc1. The normalized spacial score (nSPS) is 16.4. The van der Waals surface area contributed by atoms with E-state index in [1.807, 2.05) is 24.3 Å². The second kappa shape index (κ2) is 8.81. The molecule has 0 bridgehead atoms. The first-order valence-electron chi connectivity index (χ1n) is 9.19. The van der Waals surface area contributed by atoms with E-state index >= 15 is 0 Å². The Hall–Kier alpha value is -2.68. The van der Waals surface area contributed by atoms with Crippen molar-refractivity contribution in [3.8, 4) is 5.75 Å². The summed E-state index contributed by atoms with van der Waals surface area (Å²) >= 11 is 0. The molecule has 0 radical (unpaired) electrons. The monoisotopic (exact) mass is 364 g/mol. The zero-order valence-corrected chi connectivity index (χ0v) is 15.3. The molecule has 27 heavy (non-hydrogen) atoms. The van der Waals surface area contributed by atoms with Gasteiger partial charge in [0.25, 0.3) is 0 Å². The van der Waals surface area contributed by atoms with E-state index in [1.54, 1.807) is 24.3 Å². The van der Waals surface area contributed by atoms with E-state index in [1.165, 1.54) is 5.56 Å². The van der Waals surface area contributed by atoms with Crippen molar-refractivity contribution in [3.05, 3.63) is 71.1 Å². The Morgan fingerprint density at radius 1 is 1.11 bits per heavy atom. The predicted molar refractivity (Wildman–Crippen MR) is 104 cm³/mol. The topological polar surface area (TPSA) is 54.1 Å². The fourth-order valence-electron chi connectivity index (χ4n) is 3.22. The zero-order chi connectivity index (χ0) is 19.1. The van der Waals surface area contributed by atoms with Crippen LogP contribution in [0, 0.1) is 6.57 Å². The maximum Gasteiger partial charge on any atom is 0.187 e. The van der Waals surface area contributed by atoms with E-state index in [0.717, 1.165) is 32.3 Å². The molecule has 1 aliphatic heterocycles. The molecule has 0 aromatic heterocycles. The van der Waals surface area contributed by atoms with Crippen LogP contribution in [-0.2, 0) is 6.42 Å². The summed E-state index contributed by atoms with van der Waals surface area (Å²) in [5.74, 6) is 0.666. The molecule has 1 N–H and O–H groups in total. The Balaban J connectivity index is 1.42. The number of piperidine rings is 1. The second-order valence-corrected chi connectivity index (χ2v) is 7.07. The Morgan fingerprint density at radius 2 is 1.78 bits per heavy atom. The van der Waals surface area contributed by atoms with Crippen LogP contribution < -0.4 is 4.74 Å². The van der Waals surface area contributed by atoms with Crippen LogP contribution >= 0.6 is 0 Å². The number of nitrogens with zero attached hydrogens (tertiary/aromatic N) is 2. The number of hydrogen-bond acceptors (Lipinski definition) is 4. The summed E-state index contributed by atoms with van der Waals surface area (Å²) in [4.78, 5) is 16.4. The van der Waals surface area contributed by atoms with Crippen molar-refractivity contribution < 1.29 is 14.6 Å². The van der Waals surface area contributed by atoms with Gasteiger partial charge in [0.1, 0.15) is 24.2 Å². The molecule has 0 saturated carbocycles. The standard InChI is InChI=1S/C22H24N2O3/c1-23-20-6-2-18(3-7-20)10-13-24-14-11-22(26,12-15-24)17-27-21-8-4-19(16-25)5-9-21/h2-9,16,26H,10-15,17H2. The van der Waals surface area contributed by atoms with Crippen molar-refractivity contribution in [1.82, 2.24) is 4.90 Å². The van der Waals surface area contributed by atoms with Crippen molar-refractivity contribution in [2.75, 3.05) is 26.2 Å². The number of carbonyl (C=O) groups excluding carboxylic acids is 1. The minimum absolute atomic E-state index is 0.263. The number of carbonyl (C=O) groups is 1. The second-order valence-electron chi connectivity index (χ2n) is 7.07. The maximum atomic E-state index is 10.8. The highest BCUT2D eigenvalue weighted by molar-refractivity contribution is 5.74. The zero-order valence-electron chi connectivity index (χ0n) is 15.3. The van der Waals surface area contributed by atoms with Gasteiger partial charge < -0.3 is 14.7 Å². The molecule has 0 atom stereocenters. The van der Waals surface area contributed by atoms with Crippen LogP contribution in [0.25, 0.3) is 4.85 Å². The highest BCUT2D eigenvalue weighted by Crippen LogP contribution is 2.24. The summed E-state index contributed by atoms with van der Waals surface area (Å²) in [7, 11) is 0. The summed E-state index contributed by atoms with van der Waals surface area (Å²) < 4.78 is 5.73. The van der Waals surface area contributed by atoms with Gasteiger partial charge in [-0.2, -0.15) is 0 Å². The van der Waals surface area contributed by atoms with Gasteiger partial charge in [0.15, 0.2) is 5.69 Å². The molecule has 0 unspecified atom stereocenters. The number of likely N-dealkylation sites (tertiary alicyclic amines) is 1. The smallest absolute Gasteiger partial charge is 0.187 e. The molecule has 5 heteroatoms. The lowest BCUT2D eigenvalue weighted by Crippen LogP contribution is -2.48. The van der Waals surface area contributed by atoms with E-state index < -0.39 is 5.60 Å². The van der Waals surface area contributed by atoms with Crippen LogP contribution in [0.2, 0.25) is 0 Å². The van der Waals surface area contributed by atoms with Crippen LogP contribution in [-0.4, -0.2) is 48.1 Å². The number of hydrogen-bond donors (Lipinski definition) is 1. The predicted octanol–water partition coefficient (Wildman–Crippen LogP) is 3.50. The third kappa shape index (κ3) is 5.40. The Labute approximate surface area is 160 Å². The molecule has 5 nitrogen and oxygen atoms in total. The lowest BCUT2D eigenvalue weighted by Gasteiger charge is -2.38. The molecular weight excluding hydrogens is 340 g/mol. The van der Waals surface area contributed by atoms with Gasteiger partial charge in [-0.05, 0) is 49.1 Å². The van der Waals surface area contributed by atoms with Gasteiger partial charge in [0.2, 0.25) is 0 Å². The Kier molecular flexibility index (Phi) is 6.23. The molecule has 1 aliphatic rings. The van der Waals surface area contributed by atoms with E-state index in [4.69, 9.17) is 11.3 Å². The molecule has 2 aromatic carbocycles. The molecule has 2 aromatic rings. The van der Waals surface area contributed by atoms with E-state index in [2.05, 4.69) is 9.74 Å². The van der Waals surface area contributed by atoms with Gasteiger partial charge in [-0.25, -0.2) is 4.85 Å². The maximum absolute atomic E-state index is 10.8. The van der Waals surface area contributed by atoms with Gasteiger partial charge in [-0.15, -0.1) is 0 Å². The van der Waals surface area contributed by atoms with Gasteiger partial charge >= 0.3 is 0 Å². The highest BCUT2D eigenvalue weighted by Gasteiger charge is 2.33. The van der Waals surface area contributed by atoms with E-state index in [0.29, 0.717) is 29.8 Å². The number of aldehydes is 1. The number of benzene rings is 2. The Morgan fingerprint density at radius 3 is 2.37 bits per heavy atom. The highest BCUT2D eigenvalue weighted by atomic mass is 16.5. The minimum Gasteiger partial charge on any atom is -0.491 e. The van der Waals surface area contributed by atoms with Gasteiger partial charge in [-0.1, -0.05) is 24.3 Å². The average molecular weight is 364 g/mol. The number of aliphatic hydroxyl groups is 1. The Bertz CT molecular complexity index is 786. The molecule has 140 valence electrons. The molecule has 1 saturated heterocycles. The summed E-state index contributed by atoms with van der Waals surface area (Å²) in [6.45, 7) is 9.87. The summed E-state index contributed by atoms with van der Waals surface area (Å²) in [6, 6.07) is 14.7. The molecule has 1 fully saturated rings. The van der Waals surface area contributed by atoms with Crippen molar-refractivity contribution in [1.29, 1.82) is 0 Å². The molecule has 1 heterocycles. The largest absolute Gasteiger partial charge is 0.491 e. The first-order valence-corrected chi connectivity index (χ1v) is 9.19. The molecule has 0 aliphatic carbocycles. The first kappa shape index (κ1) is 19.1. The van der Waals surface area contributed by atoms with Crippen molar-refractivity contribution in [2.24, 2.45) is 0 Å². The quantitative estimate of drug-likeness (QED) is 0.603. The van der Waals surface area contributed by atoms with Crippen molar-refractivity contribution in [3.63, 3.8) is 0 Å². The lowest BCUT2D eigenvalue weighted by molar-refractivity contribution is -0.0521. The molecule has 3 rings (SSSR count). The number of rotatable bonds is 7. The van der Waals surface area contributed by atoms with Crippen LogP contribution in [0.3, 0.4) is 0 Å². The fourth-order valence-corrected chi connectivity index (χ4v) is 3.22. The van der Waals surface area contributed by atoms with Gasteiger partial charge in [-0.3, -0.25) is 4.79 Å². The van der Waals surface area contributed by atoms with Gasteiger partial charge in [0, 0.05) is 25.2 Å². The van der Waals surface area contributed by atoms with Crippen molar-refractivity contribution in [2.45, 2.75) is 24.9 Å². The van der Waals surface area contributed by atoms with Crippen LogP contribution in [0.5, 0.6) is 5.75 Å². The van der Waals surface area contributed by atoms with E-state index in [-0.39, 0.29) is 6.61 Å².